The minimum Gasteiger partial charge on any atom is -0.363 e. The fourth-order valence-corrected chi connectivity index (χ4v) is 3.17. The lowest BCUT2D eigenvalue weighted by molar-refractivity contribution is -0.384. The van der Waals surface area contributed by atoms with E-state index < -0.39 is 4.92 Å². The smallest absolute Gasteiger partial charge is 0.294 e. The molecular weight excluding hydrogens is 315 g/mol. The average Bonchev–Trinajstić information content (AvgIpc) is 2.41. The van der Waals surface area contributed by atoms with Crippen molar-refractivity contribution in [3.8, 4) is 0 Å². The first-order valence-corrected chi connectivity index (χ1v) is 7.65. The van der Waals surface area contributed by atoms with Crippen molar-refractivity contribution in [2.45, 2.75) is 6.04 Å². The van der Waals surface area contributed by atoms with Crippen LogP contribution >= 0.6 is 23.2 Å². The third-order valence-corrected chi connectivity index (χ3v) is 4.81. The van der Waals surface area contributed by atoms with Gasteiger partial charge < -0.3 is 10.2 Å². The number of hydrogen-bond acceptors (Lipinski definition) is 5. The highest BCUT2D eigenvalue weighted by atomic mass is 35.5. The zero-order valence-electron chi connectivity index (χ0n) is 11.4. The number of nitrogens with zero attached hydrogens (tertiary/aromatic N) is 3. The third kappa shape index (κ3) is 2.94. The zero-order valence-corrected chi connectivity index (χ0v) is 12.9. The van der Waals surface area contributed by atoms with Crippen LogP contribution in [0.1, 0.15) is 0 Å². The number of halogens is 2. The highest BCUT2D eigenvalue weighted by Gasteiger charge is 2.35. The number of piperazine rings is 1. The summed E-state index contributed by atoms with van der Waals surface area (Å²) in [6.07, 6.45) is 0. The first-order chi connectivity index (χ1) is 10.1. The largest absolute Gasteiger partial charge is 0.363 e. The van der Waals surface area contributed by atoms with Gasteiger partial charge >= 0.3 is 0 Å². The van der Waals surface area contributed by atoms with Crippen LogP contribution in [-0.4, -0.2) is 55.1 Å². The molecule has 0 spiro atoms. The lowest BCUT2D eigenvalue weighted by Crippen LogP contribution is -2.63. The lowest BCUT2D eigenvalue weighted by atomic mass is 10.0. The SMILES string of the molecule is O=[N+]([O-])c1cc(Cl)c(Cl)cc1N1CC(N2CCNCC2)C1. The van der Waals surface area contributed by atoms with Crippen LogP contribution in [0.15, 0.2) is 12.1 Å². The molecule has 8 heteroatoms. The minimum atomic E-state index is -0.407. The Morgan fingerprint density at radius 2 is 1.81 bits per heavy atom. The molecule has 2 saturated heterocycles. The highest BCUT2D eigenvalue weighted by molar-refractivity contribution is 6.42. The molecule has 1 N–H and O–H groups in total. The van der Waals surface area contributed by atoms with Gasteiger partial charge in [0.05, 0.1) is 15.0 Å². The molecule has 2 fully saturated rings. The van der Waals surface area contributed by atoms with Gasteiger partial charge in [0.15, 0.2) is 0 Å². The molecule has 2 aliphatic rings. The topological polar surface area (TPSA) is 61.7 Å². The van der Waals surface area contributed by atoms with Crippen molar-refractivity contribution in [2.24, 2.45) is 0 Å². The normalized spacial score (nSPS) is 20.4. The number of nitro benzene ring substituents is 1. The molecule has 0 radical (unpaired) electrons. The van der Waals surface area contributed by atoms with E-state index in [-0.39, 0.29) is 10.7 Å². The predicted molar refractivity (Wildman–Crippen MR) is 83.6 cm³/mol. The van der Waals surface area contributed by atoms with Gasteiger partial charge in [-0.2, -0.15) is 0 Å². The van der Waals surface area contributed by atoms with Crippen LogP contribution in [0.5, 0.6) is 0 Å². The number of rotatable bonds is 3. The van der Waals surface area contributed by atoms with Gasteiger partial charge in [0.2, 0.25) is 0 Å². The molecule has 0 atom stereocenters. The first-order valence-electron chi connectivity index (χ1n) is 6.89. The predicted octanol–water partition coefficient (Wildman–Crippen LogP) is 2.00. The summed E-state index contributed by atoms with van der Waals surface area (Å²) < 4.78 is 0. The quantitative estimate of drug-likeness (QED) is 0.678. The van der Waals surface area contributed by atoms with Gasteiger partial charge in [-0.3, -0.25) is 15.0 Å². The van der Waals surface area contributed by atoms with E-state index in [1.807, 2.05) is 4.90 Å². The zero-order chi connectivity index (χ0) is 15.0. The summed E-state index contributed by atoms with van der Waals surface area (Å²) >= 11 is 11.9. The molecule has 0 aliphatic carbocycles. The van der Waals surface area contributed by atoms with Gasteiger partial charge in [-0.1, -0.05) is 23.2 Å². The summed E-state index contributed by atoms with van der Waals surface area (Å²) in [6.45, 7) is 5.65. The lowest BCUT2D eigenvalue weighted by Gasteiger charge is -2.47. The van der Waals surface area contributed by atoms with E-state index >= 15 is 0 Å². The van der Waals surface area contributed by atoms with Gasteiger partial charge in [-0.15, -0.1) is 0 Å². The average molecular weight is 331 g/mol. The third-order valence-electron chi connectivity index (χ3n) is 4.09. The molecule has 6 nitrogen and oxygen atoms in total. The maximum absolute atomic E-state index is 11.2. The number of nitrogens with one attached hydrogen (secondary N) is 1. The molecule has 2 heterocycles. The van der Waals surface area contributed by atoms with E-state index in [0.29, 0.717) is 16.8 Å². The van der Waals surface area contributed by atoms with Gasteiger partial charge in [0.25, 0.3) is 5.69 Å². The van der Waals surface area contributed by atoms with Crippen LogP contribution in [0.3, 0.4) is 0 Å². The Balaban J connectivity index is 1.74. The second-order valence-corrected chi connectivity index (χ2v) is 6.17. The number of benzene rings is 1. The van der Waals surface area contributed by atoms with Gasteiger partial charge in [0, 0.05) is 51.4 Å². The monoisotopic (exact) mass is 330 g/mol. The van der Waals surface area contributed by atoms with Gasteiger partial charge in [0.1, 0.15) is 5.69 Å². The Kier molecular flexibility index (Phi) is 4.21. The molecule has 0 bridgehead atoms. The summed E-state index contributed by atoms with van der Waals surface area (Å²) in [5, 5.41) is 15.1. The van der Waals surface area contributed by atoms with Crippen molar-refractivity contribution in [1.29, 1.82) is 0 Å². The Morgan fingerprint density at radius 1 is 1.19 bits per heavy atom. The fourth-order valence-electron chi connectivity index (χ4n) is 2.86. The molecule has 2 aliphatic heterocycles. The Hall–Kier alpha value is -1.08. The molecule has 0 unspecified atom stereocenters. The van der Waals surface area contributed by atoms with E-state index in [4.69, 9.17) is 23.2 Å². The van der Waals surface area contributed by atoms with Crippen LogP contribution in [0.2, 0.25) is 10.0 Å². The maximum Gasteiger partial charge on any atom is 0.294 e. The first kappa shape index (κ1) is 14.8. The Labute approximate surface area is 132 Å². The maximum atomic E-state index is 11.2. The number of hydrogen-bond donors (Lipinski definition) is 1. The second-order valence-electron chi connectivity index (χ2n) is 5.36. The molecule has 1 aromatic rings. The van der Waals surface area contributed by atoms with Crippen LogP contribution in [0.4, 0.5) is 11.4 Å². The standard InChI is InChI=1S/C13H16Cl2N4O2/c14-10-5-12(13(19(20)21)6-11(10)15)18-7-9(8-18)17-3-1-16-2-4-17/h5-6,9,16H,1-4,7-8H2. The molecular formula is C13H16Cl2N4O2. The number of anilines is 1. The second kappa shape index (κ2) is 5.96. The minimum absolute atomic E-state index is 0.0168. The Morgan fingerprint density at radius 3 is 2.43 bits per heavy atom. The molecule has 3 rings (SSSR count). The summed E-state index contributed by atoms with van der Waals surface area (Å²) in [7, 11) is 0. The van der Waals surface area contributed by atoms with Crippen LogP contribution in [0.25, 0.3) is 0 Å². The van der Waals surface area contributed by atoms with Gasteiger partial charge in [-0.25, -0.2) is 0 Å². The van der Waals surface area contributed by atoms with E-state index in [9.17, 15) is 10.1 Å². The fraction of sp³-hybridized carbons (Fsp3) is 0.538. The molecule has 0 aromatic heterocycles. The van der Waals surface area contributed by atoms with Crippen molar-refractivity contribution in [2.75, 3.05) is 44.2 Å². The summed E-state index contributed by atoms with van der Waals surface area (Å²) in [4.78, 5) is 15.2. The highest BCUT2D eigenvalue weighted by Crippen LogP contribution is 2.38. The molecule has 1 aromatic carbocycles. The summed E-state index contributed by atoms with van der Waals surface area (Å²) in [5.74, 6) is 0. The van der Waals surface area contributed by atoms with E-state index in [1.54, 1.807) is 6.07 Å². The van der Waals surface area contributed by atoms with E-state index in [1.165, 1.54) is 6.07 Å². The van der Waals surface area contributed by atoms with Crippen LogP contribution in [0, 0.1) is 10.1 Å². The molecule has 114 valence electrons. The van der Waals surface area contributed by atoms with Crippen LogP contribution in [-0.2, 0) is 0 Å². The number of nitro groups is 1. The van der Waals surface area contributed by atoms with Crippen molar-refractivity contribution >= 4 is 34.6 Å². The molecule has 21 heavy (non-hydrogen) atoms. The Bertz CT molecular complexity index is 557. The van der Waals surface area contributed by atoms with E-state index in [0.717, 1.165) is 39.3 Å². The van der Waals surface area contributed by atoms with Crippen molar-refractivity contribution in [3.05, 3.63) is 32.3 Å². The van der Waals surface area contributed by atoms with Crippen LogP contribution < -0.4 is 10.2 Å². The summed E-state index contributed by atoms with van der Waals surface area (Å²) in [6, 6.07) is 3.38. The van der Waals surface area contributed by atoms with E-state index in [2.05, 4.69) is 10.2 Å². The molecule has 0 amide bonds. The van der Waals surface area contributed by atoms with Crippen molar-refractivity contribution < 1.29 is 4.92 Å². The van der Waals surface area contributed by atoms with Crippen molar-refractivity contribution in [1.82, 2.24) is 10.2 Å². The van der Waals surface area contributed by atoms with Gasteiger partial charge in [-0.05, 0) is 6.07 Å². The van der Waals surface area contributed by atoms with Crippen molar-refractivity contribution in [3.63, 3.8) is 0 Å². The summed E-state index contributed by atoms with van der Waals surface area (Å²) in [5.41, 5.74) is 0.573. The molecule has 0 saturated carbocycles.